The molecule has 0 unspecified atom stereocenters. The predicted octanol–water partition coefficient (Wildman–Crippen LogP) is 1.75. The van der Waals surface area contributed by atoms with E-state index in [9.17, 15) is 4.79 Å². The average Bonchev–Trinajstić information content (AvgIpc) is 2.18. The molecule has 4 heteroatoms. The molecule has 0 radical (unpaired) electrons. The third-order valence-electron chi connectivity index (χ3n) is 2.02. The Bertz CT molecular complexity index is 322. The van der Waals surface area contributed by atoms with Crippen LogP contribution in [0.3, 0.4) is 0 Å². The molecule has 1 aromatic carbocycles. The van der Waals surface area contributed by atoms with E-state index in [0.717, 1.165) is 11.8 Å². The predicted molar refractivity (Wildman–Crippen MR) is 65.5 cm³/mol. The van der Waals surface area contributed by atoms with Crippen LogP contribution >= 0.6 is 0 Å². The second kappa shape index (κ2) is 5.81. The topological polar surface area (TPSA) is 55.1 Å². The molecule has 0 bridgehead atoms. The molecule has 1 aromatic rings. The van der Waals surface area contributed by atoms with Crippen LogP contribution in [0.2, 0.25) is 16.6 Å². The fraction of sp³-hybridized carbons (Fsp3) is 0.364. The summed E-state index contributed by atoms with van der Waals surface area (Å²) in [6, 6.07) is 6.98. The number of hydrogen-bond acceptors (Lipinski definition) is 2. The molecule has 0 aliphatic carbocycles. The summed E-state index contributed by atoms with van der Waals surface area (Å²) in [7, 11) is 0. The first-order valence-corrected chi connectivity index (χ1v) is 9.96. The summed E-state index contributed by atoms with van der Waals surface area (Å²) in [6.07, 6.45) is 0. The molecule has 1 rings (SSSR count). The van der Waals surface area contributed by atoms with Gasteiger partial charge in [-0.2, -0.15) is 0 Å². The molecule has 3 N–H and O–H groups in total. The molecule has 0 aromatic heterocycles. The maximum atomic E-state index is 11.6. The molecule has 0 fully saturated rings. The standard InChI is InChI=1S/C11H17AsN2O/c1-12(2)7-8-14-11(15)9-3-5-10(13)6-4-9/h3-6H,7-8,13H2,1-2H3,(H,14,15). The van der Waals surface area contributed by atoms with E-state index in [1.54, 1.807) is 24.3 Å². The van der Waals surface area contributed by atoms with Gasteiger partial charge in [0, 0.05) is 0 Å². The number of nitrogens with one attached hydrogen (secondary N) is 1. The van der Waals surface area contributed by atoms with E-state index in [4.69, 9.17) is 5.73 Å². The SMILES string of the molecule is C[As](C)CCNC(=O)c1ccc(N)cc1. The van der Waals surface area contributed by atoms with Crippen molar-refractivity contribution in [2.75, 3.05) is 12.3 Å². The van der Waals surface area contributed by atoms with Crippen molar-refractivity contribution in [2.24, 2.45) is 0 Å². The summed E-state index contributed by atoms with van der Waals surface area (Å²) in [5.41, 5.74) is 11.5. The van der Waals surface area contributed by atoms with Crippen molar-refractivity contribution in [3.8, 4) is 0 Å². The van der Waals surface area contributed by atoms with Gasteiger partial charge in [-0.3, -0.25) is 0 Å². The average molecular weight is 268 g/mol. The third kappa shape index (κ3) is 4.39. The summed E-state index contributed by atoms with van der Waals surface area (Å²) < 4.78 is 0. The number of hydrogen-bond donors (Lipinski definition) is 2. The minimum absolute atomic E-state index is 0.00847. The Morgan fingerprint density at radius 3 is 2.47 bits per heavy atom. The second-order valence-electron chi connectivity index (χ2n) is 3.68. The Kier molecular flexibility index (Phi) is 4.70. The fourth-order valence-electron chi connectivity index (χ4n) is 1.13. The third-order valence-corrected chi connectivity index (χ3v) is 4.36. The van der Waals surface area contributed by atoms with Gasteiger partial charge >= 0.3 is 95.1 Å². The summed E-state index contributed by atoms with van der Waals surface area (Å²) >= 11 is -0.625. The Morgan fingerprint density at radius 1 is 1.33 bits per heavy atom. The van der Waals surface area contributed by atoms with E-state index in [1.165, 1.54) is 0 Å². The zero-order valence-electron chi connectivity index (χ0n) is 9.16. The van der Waals surface area contributed by atoms with Crippen LogP contribution in [-0.4, -0.2) is 27.1 Å². The van der Waals surface area contributed by atoms with Crippen molar-refractivity contribution >= 4 is 26.2 Å². The molecule has 15 heavy (non-hydrogen) atoms. The zero-order valence-corrected chi connectivity index (χ0v) is 11.0. The van der Waals surface area contributed by atoms with Gasteiger partial charge in [-0.15, -0.1) is 0 Å². The van der Waals surface area contributed by atoms with Gasteiger partial charge in [-0.25, -0.2) is 0 Å². The van der Waals surface area contributed by atoms with Gasteiger partial charge in [-0.1, -0.05) is 0 Å². The van der Waals surface area contributed by atoms with Gasteiger partial charge in [0.15, 0.2) is 0 Å². The van der Waals surface area contributed by atoms with Crippen molar-refractivity contribution in [1.29, 1.82) is 0 Å². The fourth-order valence-corrected chi connectivity index (χ4v) is 2.30. The molecule has 0 atom stereocenters. The van der Waals surface area contributed by atoms with E-state index in [1.807, 2.05) is 0 Å². The number of amides is 1. The van der Waals surface area contributed by atoms with Crippen LogP contribution in [-0.2, 0) is 0 Å². The Morgan fingerprint density at radius 2 is 1.93 bits per heavy atom. The first-order chi connectivity index (χ1) is 7.09. The summed E-state index contributed by atoms with van der Waals surface area (Å²) in [5, 5.41) is 4.05. The van der Waals surface area contributed by atoms with E-state index < -0.39 is 14.7 Å². The van der Waals surface area contributed by atoms with Crippen molar-refractivity contribution in [2.45, 2.75) is 16.6 Å². The van der Waals surface area contributed by atoms with Crippen molar-refractivity contribution in [3.05, 3.63) is 29.8 Å². The molecule has 0 spiro atoms. The van der Waals surface area contributed by atoms with Gasteiger partial charge in [-0.05, 0) is 0 Å². The number of nitrogens with two attached hydrogens (primary N) is 1. The van der Waals surface area contributed by atoms with E-state index in [2.05, 4.69) is 16.7 Å². The van der Waals surface area contributed by atoms with Crippen LogP contribution in [0.1, 0.15) is 10.4 Å². The summed E-state index contributed by atoms with van der Waals surface area (Å²) in [5.74, 6) is -0.00847. The normalized spacial score (nSPS) is 10.3. The van der Waals surface area contributed by atoms with Crippen molar-refractivity contribution < 1.29 is 4.79 Å². The van der Waals surface area contributed by atoms with Crippen LogP contribution in [0, 0.1) is 0 Å². The number of carbonyl (C=O) groups is 1. The van der Waals surface area contributed by atoms with Crippen LogP contribution in [0.15, 0.2) is 24.3 Å². The minimum atomic E-state index is -0.625. The molecule has 0 aliphatic rings. The quantitative estimate of drug-likeness (QED) is 0.645. The number of rotatable bonds is 4. The van der Waals surface area contributed by atoms with Crippen LogP contribution in [0.4, 0.5) is 5.69 Å². The zero-order chi connectivity index (χ0) is 11.3. The van der Waals surface area contributed by atoms with E-state index in [0.29, 0.717) is 11.3 Å². The molecule has 82 valence electrons. The van der Waals surface area contributed by atoms with E-state index in [-0.39, 0.29) is 5.91 Å². The number of carbonyl (C=O) groups excluding carboxylic acids is 1. The molecule has 0 saturated carbocycles. The second-order valence-corrected chi connectivity index (χ2v) is 9.15. The molecule has 3 nitrogen and oxygen atoms in total. The van der Waals surface area contributed by atoms with Crippen LogP contribution in [0.5, 0.6) is 0 Å². The van der Waals surface area contributed by atoms with Gasteiger partial charge in [0.2, 0.25) is 0 Å². The van der Waals surface area contributed by atoms with E-state index >= 15 is 0 Å². The van der Waals surface area contributed by atoms with Crippen molar-refractivity contribution in [3.63, 3.8) is 0 Å². The molecule has 0 saturated heterocycles. The van der Waals surface area contributed by atoms with Gasteiger partial charge in [0.25, 0.3) is 0 Å². The molecular weight excluding hydrogens is 251 g/mol. The van der Waals surface area contributed by atoms with Crippen LogP contribution in [0.25, 0.3) is 0 Å². The number of nitrogen functional groups attached to an aromatic ring is 1. The molecule has 0 aliphatic heterocycles. The molecular formula is C11H17AsN2O. The van der Waals surface area contributed by atoms with Gasteiger partial charge < -0.3 is 0 Å². The summed E-state index contributed by atoms with van der Waals surface area (Å²) in [6.45, 7) is 0.788. The number of anilines is 1. The first-order valence-electron chi connectivity index (χ1n) is 4.88. The number of benzene rings is 1. The van der Waals surface area contributed by atoms with Gasteiger partial charge in [0.05, 0.1) is 0 Å². The van der Waals surface area contributed by atoms with Crippen molar-refractivity contribution in [1.82, 2.24) is 5.32 Å². The van der Waals surface area contributed by atoms with Gasteiger partial charge in [0.1, 0.15) is 0 Å². The molecule has 0 heterocycles. The monoisotopic (exact) mass is 268 g/mol. The Balaban J connectivity index is 2.43. The van der Waals surface area contributed by atoms with Crippen LogP contribution < -0.4 is 11.1 Å². The summed E-state index contributed by atoms with van der Waals surface area (Å²) in [4.78, 5) is 11.6. The Labute approximate surface area is 95.3 Å². The molecule has 1 amide bonds. The Hall–Kier alpha value is -0.952. The first kappa shape index (κ1) is 12.1. The maximum absolute atomic E-state index is 11.6.